The third-order valence-electron chi connectivity index (χ3n) is 3.62. The minimum absolute atomic E-state index is 0.769. The Bertz CT molecular complexity index is 581. The minimum atomic E-state index is 0.769. The summed E-state index contributed by atoms with van der Waals surface area (Å²) in [7, 11) is 3.35. The SMILES string of the molecule is CCc1ccccc1CNCc1ccc(OC)cc1OC. The number of rotatable bonds is 7. The van der Waals surface area contributed by atoms with E-state index in [9.17, 15) is 0 Å². The molecule has 3 heteroatoms. The molecule has 0 aliphatic carbocycles. The number of hydrogen-bond donors (Lipinski definition) is 1. The van der Waals surface area contributed by atoms with Crippen molar-refractivity contribution >= 4 is 0 Å². The van der Waals surface area contributed by atoms with Crippen molar-refractivity contribution < 1.29 is 9.47 Å². The smallest absolute Gasteiger partial charge is 0.127 e. The van der Waals surface area contributed by atoms with E-state index in [0.29, 0.717) is 0 Å². The zero-order valence-electron chi connectivity index (χ0n) is 13.0. The molecule has 3 nitrogen and oxygen atoms in total. The molecular weight excluding hydrogens is 262 g/mol. The molecule has 0 atom stereocenters. The number of benzene rings is 2. The van der Waals surface area contributed by atoms with Crippen LogP contribution in [0.4, 0.5) is 0 Å². The zero-order chi connectivity index (χ0) is 15.1. The number of hydrogen-bond acceptors (Lipinski definition) is 3. The molecule has 0 spiro atoms. The van der Waals surface area contributed by atoms with Crippen LogP contribution >= 0.6 is 0 Å². The van der Waals surface area contributed by atoms with Crippen LogP contribution in [0.5, 0.6) is 11.5 Å². The van der Waals surface area contributed by atoms with Gasteiger partial charge in [-0.05, 0) is 23.6 Å². The van der Waals surface area contributed by atoms with Gasteiger partial charge in [-0.3, -0.25) is 0 Å². The van der Waals surface area contributed by atoms with E-state index in [1.165, 1.54) is 11.1 Å². The van der Waals surface area contributed by atoms with Crippen molar-refractivity contribution in [1.82, 2.24) is 5.32 Å². The van der Waals surface area contributed by atoms with E-state index in [0.717, 1.165) is 36.6 Å². The highest BCUT2D eigenvalue weighted by Crippen LogP contribution is 2.24. The fraction of sp³-hybridized carbons (Fsp3) is 0.333. The Morgan fingerprint density at radius 1 is 0.857 bits per heavy atom. The Balaban J connectivity index is 2.00. The standard InChI is InChI=1S/C18H23NO2/c1-4-14-7-5-6-8-15(14)12-19-13-16-9-10-17(20-2)11-18(16)21-3/h5-11,19H,4,12-13H2,1-3H3. The normalized spacial score (nSPS) is 10.4. The molecule has 1 N–H and O–H groups in total. The lowest BCUT2D eigenvalue weighted by atomic mass is 10.1. The molecule has 2 aromatic rings. The van der Waals surface area contributed by atoms with Crippen LogP contribution in [0.3, 0.4) is 0 Å². The first-order valence-corrected chi connectivity index (χ1v) is 7.27. The quantitative estimate of drug-likeness (QED) is 0.844. The minimum Gasteiger partial charge on any atom is -0.497 e. The second kappa shape index (κ2) is 7.70. The van der Waals surface area contributed by atoms with Crippen LogP contribution < -0.4 is 14.8 Å². The molecule has 21 heavy (non-hydrogen) atoms. The summed E-state index contributed by atoms with van der Waals surface area (Å²) in [4.78, 5) is 0. The Morgan fingerprint density at radius 3 is 2.24 bits per heavy atom. The molecule has 0 aliphatic heterocycles. The lowest BCUT2D eigenvalue weighted by molar-refractivity contribution is 0.390. The van der Waals surface area contributed by atoms with Gasteiger partial charge in [-0.1, -0.05) is 37.3 Å². The lowest BCUT2D eigenvalue weighted by Crippen LogP contribution is -2.14. The van der Waals surface area contributed by atoms with E-state index in [1.54, 1.807) is 14.2 Å². The molecule has 0 aliphatic rings. The summed E-state index contributed by atoms with van der Waals surface area (Å²) in [5.41, 5.74) is 3.88. The maximum Gasteiger partial charge on any atom is 0.127 e. The van der Waals surface area contributed by atoms with Gasteiger partial charge in [0.25, 0.3) is 0 Å². The van der Waals surface area contributed by atoms with Crippen molar-refractivity contribution in [3.05, 3.63) is 59.2 Å². The maximum absolute atomic E-state index is 5.42. The van der Waals surface area contributed by atoms with Crippen molar-refractivity contribution in [2.75, 3.05) is 14.2 Å². The largest absolute Gasteiger partial charge is 0.497 e. The van der Waals surface area contributed by atoms with E-state index in [1.807, 2.05) is 18.2 Å². The summed E-state index contributed by atoms with van der Waals surface area (Å²) < 4.78 is 10.6. The highest BCUT2D eigenvalue weighted by molar-refractivity contribution is 5.40. The molecule has 0 aromatic heterocycles. The average Bonchev–Trinajstić information content (AvgIpc) is 2.55. The fourth-order valence-corrected chi connectivity index (χ4v) is 2.40. The molecule has 0 saturated carbocycles. The molecule has 2 rings (SSSR count). The Kier molecular flexibility index (Phi) is 5.64. The highest BCUT2D eigenvalue weighted by atomic mass is 16.5. The maximum atomic E-state index is 5.42. The van der Waals surface area contributed by atoms with Crippen molar-refractivity contribution in [3.8, 4) is 11.5 Å². The number of nitrogens with one attached hydrogen (secondary N) is 1. The second-order valence-electron chi connectivity index (χ2n) is 4.90. The molecule has 0 bridgehead atoms. The first kappa shape index (κ1) is 15.4. The summed E-state index contributed by atoms with van der Waals surface area (Å²) >= 11 is 0. The highest BCUT2D eigenvalue weighted by Gasteiger charge is 2.05. The average molecular weight is 285 g/mol. The van der Waals surface area contributed by atoms with Gasteiger partial charge < -0.3 is 14.8 Å². The number of methoxy groups -OCH3 is 2. The van der Waals surface area contributed by atoms with Gasteiger partial charge >= 0.3 is 0 Å². The van der Waals surface area contributed by atoms with Gasteiger partial charge in [0.2, 0.25) is 0 Å². The van der Waals surface area contributed by atoms with Crippen LogP contribution in [0, 0.1) is 0 Å². The van der Waals surface area contributed by atoms with Gasteiger partial charge in [-0.2, -0.15) is 0 Å². The van der Waals surface area contributed by atoms with Crippen molar-refractivity contribution in [3.63, 3.8) is 0 Å². The van der Waals surface area contributed by atoms with Gasteiger partial charge in [0.05, 0.1) is 14.2 Å². The number of ether oxygens (including phenoxy) is 2. The molecule has 0 amide bonds. The molecule has 0 heterocycles. The predicted molar refractivity (Wildman–Crippen MR) is 85.9 cm³/mol. The third-order valence-corrected chi connectivity index (χ3v) is 3.62. The van der Waals surface area contributed by atoms with Crippen LogP contribution in [-0.2, 0) is 19.5 Å². The van der Waals surface area contributed by atoms with Crippen LogP contribution in [0.2, 0.25) is 0 Å². The van der Waals surface area contributed by atoms with Crippen LogP contribution in [0.1, 0.15) is 23.6 Å². The molecule has 0 saturated heterocycles. The van der Waals surface area contributed by atoms with E-state index in [2.05, 4.69) is 36.5 Å². The monoisotopic (exact) mass is 285 g/mol. The second-order valence-corrected chi connectivity index (χ2v) is 4.90. The van der Waals surface area contributed by atoms with Gasteiger partial charge in [-0.15, -0.1) is 0 Å². The molecular formula is C18H23NO2. The topological polar surface area (TPSA) is 30.5 Å². The summed E-state index contributed by atoms with van der Waals surface area (Å²) in [6.45, 7) is 3.82. The van der Waals surface area contributed by atoms with Gasteiger partial charge in [0.15, 0.2) is 0 Å². The molecule has 0 fully saturated rings. The van der Waals surface area contributed by atoms with Crippen molar-refractivity contribution in [2.45, 2.75) is 26.4 Å². The van der Waals surface area contributed by atoms with Crippen molar-refractivity contribution in [2.24, 2.45) is 0 Å². The third kappa shape index (κ3) is 3.99. The van der Waals surface area contributed by atoms with Gasteiger partial charge in [0, 0.05) is 24.7 Å². The molecule has 2 aromatic carbocycles. The predicted octanol–water partition coefficient (Wildman–Crippen LogP) is 3.56. The van der Waals surface area contributed by atoms with E-state index < -0.39 is 0 Å². The molecule has 0 unspecified atom stereocenters. The van der Waals surface area contributed by atoms with Crippen molar-refractivity contribution in [1.29, 1.82) is 0 Å². The summed E-state index contributed by atoms with van der Waals surface area (Å²) in [5.74, 6) is 1.66. The summed E-state index contributed by atoms with van der Waals surface area (Å²) in [6.07, 6.45) is 1.06. The number of aryl methyl sites for hydroxylation is 1. The first-order chi connectivity index (χ1) is 10.3. The van der Waals surface area contributed by atoms with Gasteiger partial charge in [0.1, 0.15) is 11.5 Å². The van der Waals surface area contributed by atoms with E-state index in [4.69, 9.17) is 9.47 Å². The van der Waals surface area contributed by atoms with Crippen LogP contribution in [0.15, 0.2) is 42.5 Å². The van der Waals surface area contributed by atoms with E-state index >= 15 is 0 Å². The molecule has 0 radical (unpaired) electrons. The Hall–Kier alpha value is -2.00. The Labute approximate surface area is 126 Å². The fourth-order valence-electron chi connectivity index (χ4n) is 2.40. The lowest BCUT2D eigenvalue weighted by Gasteiger charge is -2.12. The van der Waals surface area contributed by atoms with Gasteiger partial charge in [-0.25, -0.2) is 0 Å². The van der Waals surface area contributed by atoms with E-state index in [-0.39, 0.29) is 0 Å². The van der Waals surface area contributed by atoms with Crippen LogP contribution in [-0.4, -0.2) is 14.2 Å². The summed E-state index contributed by atoms with van der Waals surface area (Å²) in [5, 5.41) is 3.48. The zero-order valence-corrected chi connectivity index (χ0v) is 13.0. The first-order valence-electron chi connectivity index (χ1n) is 7.27. The molecule has 112 valence electrons. The summed E-state index contributed by atoms with van der Waals surface area (Å²) in [6, 6.07) is 14.5. The van der Waals surface area contributed by atoms with Crippen LogP contribution in [0.25, 0.3) is 0 Å². The Morgan fingerprint density at radius 2 is 1.57 bits per heavy atom.